The van der Waals surface area contributed by atoms with Gasteiger partial charge in [0.05, 0.1) is 24.1 Å². The molecule has 0 aromatic heterocycles. The quantitative estimate of drug-likeness (QED) is 0.0777. The van der Waals surface area contributed by atoms with Crippen LogP contribution in [0.2, 0.25) is 0 Å². The van der Waals surface area contributed by atoms with E-state index in [1.807, 2.05) is 41.6 Å². The van der Waals surface area contributed by atoms with Crippen molar-refractivity contribution in [1.82, 2.24) is 0 Å². The summed E-state index contributed by atoms with van der Waals surface area (Å²) in [5.41, 5.74) is 16.0. The van der Waals surface area contributed by atoms with Crippen molar-refractivity contribution in [2.24, 2.45) is 0 Å². The van der Waals surface area contributed by atoms with Crippen molar-refractivity contribution < 1.29 is 26.8 Å². The Morgan fingerprint density at radius 3 is 1.21 bits per heavy atom. The molecule has 4 aliphatic rings. The molecule has 5 heteroatoms. The van der Waals surface area contributed by atoms with E-state index in [1.54, 1.807) is 109 Å². The minimum absolute atomic E-state index is 0.0465. The van der Waals surface area contributed by atoms with Gasteiger partial charge in [-0.2, -0.15) is 5.56 Å². The van der Waals surface area contributed by atoms with Crippen LogP contribution < -0.4 is 4.74 Å². The predicted octanol–water partition coefficient (Wildman–Crippen LogP) is 14.9. The van der Waals surface area contributed by atoms with E-state index in [0.717, 1.165) is 11.3 Å². The van der Waals surface area contributed by atoms with Gasteiger partial charge in [-0.25, -0.2) is 6.08 Å². The van der Waals surface area contributed by atoms with Gasteiger partial charge < -0.3 is 16.0 Å². The van der Waals surface area contributed by atoms with Crippen molar-refractivity contribution in [1.29, 1.82) is 0 Å². The van der Waals surface area contributed by atoms with Crippen molar-refractivity contribution in [2.75, 3.05) is 7.11 Å². The van der Waals surface area contributed by atoms with Crippen LogP contribution in [0.5, 0.6) is 5.75 Å². The van der Waals surface area contributed by atoms with Crippen LogP contribution in [-0.4, -0.2) is 30.9 Å². The van der Waals surface area contributed by atoms with Crippen molar-refractivity contribution in [2.45, 2.75) is 167 Å². The van der Waals surface area contributed by atoms with Crippen LogP contribution in [0.25, 0.3) is 6.08 Å². The number of halogens is 1. The number of hydrogen-bond donors (Lipinski definition) is 0. The molecule has 7 rings (SSSR count). The first-order chi connectivity index (χ1) is 27.2. The minimum atomic E-state index is -0.0465. The zero-order chi connectivity index (χ0) is 41.0. The molecule has 2 nitrogen and oxygen atoms in total. The van der Waals surface area contributed by atoms with E-state index in [-0.39, 0.29) is 7.92 Å². The fraction of sp³-hybridized carbons (Fsp3) is 0.529. The fourth-order valence-corrected chi connectivity index (χ4v) is 15.7. The van der Waals surface area contributed by atoms with Gasteiger partial charge in [-0.1, -0.05) is 65.8 Å². The molecule has 2 atom stereocenters. The topological polar surface area (TPSA) is 26.3 Å². The monoisotopic (exact) mass is 883 g/mol. The maximum atomic E-state index is 7.75. The summed E-state index contributed by atoms with van der Waals surface area (Å²) in [4.78, 5) is 7.75. The number of rotatable bonds is 7. The molecule has 3 saturated carbocycles. The van der Waals surface area contributed by atoms with Gasteiger partial charge in [0.15, 0.2) is 0 Å². The number of methoxy groups -OCH3 is 1. The summed E-state index contributed by atoms with van der Waals surface area (Å²) in [6.45, 7) is 21.9. The molecule has 0 bridgehead atoms. The van der Waals surface area contributed by atoms with Crippen molar-refractivity contribution in [3.8, 4) is 5.75 Å². The number of carbonyl (C=O) groups excluding carboxylic acids is 1. The number of hydrogen-bond acceptors (Lipinski definition) is 2. The summed E-state index contributed by atoms with van der Waals surface area (Å²) < 4.78 is 4.96. The fourth-order valence-electron chi connectivity index (χ4n) is 10.4. The van der Waals surface area contributed by atoms with Crippen molar-refractivity contribution >= 4 is 30.5 Å². The van der Waals surface area contributed by atoms with Crippen LogP contribution in [-0.2, 0) is 22.1 Å². The van der Waals surface area contributed by atoms with Gasteiger partial charge in [-0.05, 0) is 153 Å². The molecule has 0 radical (unpaired) electrons. The Hall–Kier alpha value is -2.05. The van der Waals surface area contributed by atoms with Crippen LogP contribution in [0, 0.1) is 54.5 Å². The molecule has 0 spiro atoms. The Kier molecular flexibility index (Phi) is 22.6. The summed E-state index contributed by atoms with van der Waals surface area (Å²) in [7, 11) is 6.16. The molecule has 56 heavy (non-hydrogen) atoms. The summed E-state index contributed by atoms with van der Waals surface area (Å²) in [6.07, 6.45) is 32.6. The van der Waals surface area contributed by atoms with E-state index in [4.69, 9.17) is 16.1 Å². The molecule has 0 aliphatic heterocycles. The summed E-state index contributed by atoms with van der Waals surface area (Å²) in [5.74, 6) is 1.71. The van der Waals surface area contributed by atoms with Gasteiger partial charge in [-0.15, -0.1) is 36.1 Å². The zero-order valence-corrected chi connectivity index (χ0v) is 39.1. The second-order valence-corrected chi connectivity index (χ2v) is 20.1. The van der Waals surface area contributed by atoms with E-state index in [0.29, 0.717) is 11.8 Å². The molecule has 0 heterocycles. The van der Waals surface area contributed by atoms with Crippen LogP contribution in [0.1, 0.15) is 158 Å². The second kappa shape index (κ2) is 26.1. The first-order valence-corrected chi connectivity index (χ1v) is 25.3. The molecular weight excluding hydrogens is 812 g/mol. The molecule has 306 valence electrons. The van der Waals surface area contributed by atoms with E-state index in [9.17, 15) is 0 Å². The standard InChI is InChI=1S/C23H27.C18H33P.C9H9O.CHO.ClH.Ru/c1-14-9-16(3)22(17(4)10-14)20-7-8-21(13-20)23-18(5)11-15(2)12-19(23)6;1-4-10-16(11-5-1)19(17-12-6-2-7-13-17)18-14-8-3-9-15-18;1-3-8-4-6-9(10-2)7-5-8;1-2;;/h7-13,20-21H,1-6H3;16-18H,1-15H2;1,3-7H,2H3;1H;1H;/q-1;;2*-1;;+4. The second-order valence-electron chi connectivity index (χ2n) is 16.7. The van der Waals surface area contributed by atoms with Crippen molar-refractivity contribution in [3.63, 3.8) is 0 Å². The molecule has 0 N–H and O–H groups in total. The van der Waals surface area contributed by atoms with Gasteiger partial charge >= 0.3 is 27.0 Å². The number of aryl methyl sites for hydroxylation is 6. The Labute approximate surface area is 358 Å². The molecule has 4 aliphatic carbocycles. The number of benzene rings is 3. The number of ether oxygens (including phenoxy) is 1. The molecule has 3 aromatic rings. The first-order valence-electron chi connectivity index (χ1n) is 21.3. The van der Waals surface area contributed by atoms with Gasteiger partial charge in [0.1, 0.15) is 5.75 Å². The molecular formula is C51H71ClO2PRu+. The van der Waals surface area contributed by atoms with Gasteiger partial charge in [-0.3, -0.25) is 13.4 Å². The maximum absolute atomic E-state index is 7.75. The van der Waals surface area contributed by atoms with Gasteiger partial charge in [0.2, 0.25) is 0 Å². The van der Waals surface area contributed by atoms with Crippen LogP contribution >= 0.6 is 17.6 Å². The summed E-state index contributed by atoms with van der Waals surface area (Å²) in [6, 6.07) is 16.8. The van der Waals surface area contributed by atoms with Crippen molar-refractivity contribution in [3.05, 3.63) is 124 Å². The third kappa shape index (κ3) is 14.3. The molecule has 3 fully saturated rings. The Bertz CT molecular complexity index is 1460. The molecule has 2 unspecified atom stereocenters. The molecule has 3 aromatic carbocycles. The van der Waals surface area contributed by atoms with Crippen LogP contribution in [0.4, 0.5) is 0 Å². The Morgan fingerprint density at radius 1 is 0.607 bits per heavy atom. The SMILES string of the molecule is C1CCC([PH+](C2CCCCC2)C2CCCCC2)CC1.Cc1cc(C)c(C2C=CC(c3c(C)cc(C)cc3C)[CH-]2)c(C)c1.[CH-]=Cc1ccc(OC)cc1.[CH-]=O.[Cl][Ru+3]. The molecule has 0 saturated heterocycles. The average Bonchev–Trinajstić information content (AvgIpc) is 3.69. The Balaban J connectivity index is 0.000000229. The van der Waals surface area contributed by atoms with E-state index in [2.05, 4.69) is 101 Å². The predicted molar refractivity (Wildman–Crippen MR) is 244 cm³/mol. The number of allylic oxidation sites excluding steroid dienone is 2. The summed E-state index contributed by atoms with van der Waals surface area (Å²) >= 11 is 1.82. The van der Waals surface area contributed by atoms with E-state index >= 15 is 0 Å². The van der Waals surface area contributed by atoms with E-state index < -0.39 is 0 Å². The third-order valence-corrected chi connectivity index (χ3v) is 17.2. The van der Waals surface area contributed by atoms with E-state index in [1.165, 1.54) is 61.5 Å². The third-order valence-electron chi connectivity index (χ3n) is 12.6. The Morgan fingerprint density at radius 2 is 0.929 bits per heavy atom. The zero-order valence-electron chi connectivity index (χ0n) is 35.6. The normalized spacial score (nSPS) is 19.9. The first kappa shape index (κ1) is 48.3. The van der Waals surface area contributed by atoms with Gasteiger partial charge in [0, 0.05) is 7.92 Å². The molecule has 0 amide bonds. The average molecular weight is 884 g/mol. The van der Waals surface area contributed by atoms with Crippen LogP contribution in [0.3, 0.4) is 0 Å². The summed E-state index contributed by atoms with van der Waals surface area (Å²) in [5, 5.41) is 0. The van der Waals surface area contributed by atoms with Crippen LogP contribution in [0.15, 0.2) is 60.7 Å². The van der Waals surface area contributed by atoms with Gasteiger partial charge in [0.25, 0.3) is 0 Å².